The fourth-order valence-corrected chi connectivity index (χ4v) is 3.68. The molecule has 3 rings (SSSR count). The van der Waals surface area contributed by atoms with E-state index in [1.54, 1.807) is 11.8 Å². The summed E-state index contributed by atoms with van der Waals surface area (Å²) in [5.41, 5.74) is 4.78. The highest BCUT2D eigenvalue weighted by Gasteiger charge is 2.13. The number of hydrogen-bond acceptors (Lipinski definition) is 3. The molecule has 3 nitrogen and oxygen atoms in total. The third-order valence-electron chi connectivity index (χ3n) is 3.60. The first-order chi connectivity index (χ1) is 11.0. The standard InChI is InChI=1S/C18H18ClN3S/c1-12-8-13(2)10-14(9-12)11-23-18-21-20-17(22(18)3)15-6-4-5-7-16(15)19/h4-10H,11H2,1-3H3. The summed E-state index contributed by atoms with van der Waals surface area (Å²) in [6.45, 7) is 4.25. The Morgan fingerprint density at radius 2 is 1.74 bits per heavy atom. The van der Waals surface area contributed by atoms with Gasteiger partial charge in [-0.3, -0.25) is 0 Å². The third kappa shape index (κ3) is 3.59. The van der Waals surface area contributed by atoms with Crippen LogP contribution < -0.4 is 0 Å². The van der Waals surface area contributed by atoms with Crippen LogP contribution in [0.3, 0.4) is 0 Å². The van der Waals surface area contributed by atoms with E-state index in [0.717, 1.165) is 22.3 Å². The molecule has 0 bridgehead atoms. The number of rotatable bonds is 4. The van der Waals surface area contributed by atoms with E-state index in [4.69, 9.17) is 11.6 Å². The average molecular weight is 344 g/mol. The van der Waals surface area contributed by atoms with E-state index < -0.39 is 0 Å². The Balaban J connectivity index is 1.81. The maximum atomic E-state index is 6.26. The largest absolute Gasteiger partial charge is 0.305 e. The van der Waals surface area contributed by atoms with Gasteiger partial charge in [0.2, 0.25) is 0 Å². The molecule has 0 amide bonds. The number of nitrogens with zero attached hydrogens (tertiary/aromatic N) is 3. The molecule has 1 heterocycles. The zero-order chi connectivity index (χ0) is 16.4. The lowest BCUT2D eigenvalue weighted by Crippen LogP contribution is -1.95. The molecule has 1 aromatic heterocycles. The van der Waals surface area contributed by atoms with Gasteiger partial charge in [-0.1, -0.05) is 64.8 Å². The van der Waals surface area contributed by atoms with Gasteiger partial charge in [0.05, 0.1) is 5.02 Å². The fourth-order valence-electron chi connectivity index (χ4n) is 2.62. The molecule has 5 heteroatoms. The predicted molar refractivity (Wildman–Crippen MR) is 96.9 cm³/mol. The van der Waals surface area contributed by atoms with Crippen molar-refractivity contribution in [2.75, 3.05) is 0 Å². The van der Waals surface area contributed by atoms with Crippen LogP contribution in [0.15, 0.2) is 47.6 Å². The predicted octanol–water partition coefficient (Wildman–Crippen LogP) is 5.04. The zero-order valence-electron chi connectivity index (χ0n) is 13.4. The van der Waals surface area contributed by atoms with Gasteiger partial charge in [-0.2, -0.15) is 0 Å². The van der Waals surface area contributed by atoms with Crippen LogP contribution in [0.25, 0.3) is 11.4 Å². The van der Waals surface area contributed by atoms with Crippen LogP contribution in [0.5, 0.6) is 0 Å². The highest BCUT2D eigenvalue weighted by Crippen LogP contribution is 2.29. The number of aromatic nitrogens is 3. The maximum absolute atomic E-state index is 6.26. The molecule has 0 aliphatic heterocycles. The molecule has 0 spiro atoms. The summed E-state index contributed by atoms with van der Waals surface area (Å²) in [6, 6.07) is 14.3. The van der Waals surface area contributed by atoms with Crippen molar-refractivity contribution in [1.29, 1.82) is 0 Å². The van der Waals surface area contributed by atoms with Gasteiger partial charge in [-0.05, 0) is 31.5 Å². The lowest BCUT2D eigenvalue weighted by Gasteiger charge is -2.06. The van der Waals surface area contributed by atoms with E-state index in [2.05, 4.69) is 42.2 Å². The molecule has 0 radical (unpaired) electrons. The van der Waals surface area contributed by atoms with Crippen LogP contribution >= 0.6 is 23.4 Å². The first kappa shape index (κ1) is 16.1. The van der Waals surface area contributed by atoms with Gasteiger partial charge < -0.3 is 4.57 Å². The number of aryl methyl sites for hydroxylation is 2. The van der Waals surface area contributed by atoms with Crippen LogP contribution in [0.1, 0.15) is 16.7 Å². The minimum Gasteiger partial charge on any atom is -0.305 e. The van der Waals surface area contributed by atoms with Gasteiger partial charge in [0, 0.05) is 18.4 Å². The second kappa shape index (κ2) is 6.77. The summed E-state index contributed by atoms with van der Waals surface area (Å²) in [7, 11) is 1.97. The number of thioether (sulfide) groups is 1. The van der Waals surface area contributed by atoms with Gasteiger partial charge in [-0.25, -0.2) is 0 Å². The van der Waals surface area contributed by atoms with Crippen molar-refractivity contribution < 1.29 is 0 Å². The van der Waals surface area contributed by atoms with E-state index in [0.29, 0.717) is 5.02 Å². The van der Waals surface area contributed by atoms with Crippen molar-refractivity contribution in [3.8, 4) is 11.4 Å². The lowest BCUT2D eigenvalue weighted by atomic mass is 10.1. The van der Waals surface area contributed by atoms with Crippen molar-refractivity contribution in [2.45, 2.75) is 24.8 Å². The van der Waals surface area contributed by atoms with Crippen molar-refractivity contribution in [3.63, 3.8) is 0 Å². The Kier molecular flexibility index (Phi) is 4.74. The van der Waals surface area contributed by atoms with Crippen molar-refractivity contribution in [3.05, 3.63) is 64.2 Å². The Labute approximate surface area is 145 Å². The normalized spacial score (nSPS) is 11.0. The molecule has 0 atom stereocenters. The van der Waals surface area contributed by atoms with E-state index in [9.17, 15) is 0 Å². The Hall–Kier alpha value is -1.78. The SMILES string of the molecule is Cc1cc(C)cc(CSc2nnc(-c3ccccc3Cl)n2C)c1. The fraction of sp³-hybridized carbons (Fsp3) is 0.222. The van der Waals surface area contributed by atoms with Crippen LogP contribution in [-0.4, -0.2) is 14.8 Å². The minimum atomic E-state index is 0.689. The summed E-state index contributed by atoms with van der Waals surface area (Å²) >= 11 is 7.95. The first-order valence-corrected chi connectivity index (χ1v) is 8.75. The Morgan fingerprint density at radius 3 is 2.43 bits per heavy atom. The smallest absolute Gasteiger partial charge is 0.191 e. The van der Waals surface area contributed by atoms with Crippen LogP contribution in [0.4, 0.5) is 0 Å². The topological polar surface area (TPSA) is 30.7 Å². The van der Waals surface area contributed by atoms with Crippen LogP contribution in [0.2, 0.25) is 5.02 Å². The summed E-state index contributed by atoms with van der Waals surface area (Å²) in [5.74, 6) is 1.66. The summed E-state index contributed by atoms with van der Waals surface area (Å²) in [4.78, 5) is 0. The summed E-state index contributed by atoms with van der Waals surface area (Å²) in [5, 5.41) is 10.2. The van der Waals surface area contributed by atoms with E-state index in [-0.39, 0.29) is 0 Å². The molecule has 0 saturated carbocycles. The highest BCUT2D eigenvalue weighted by atomic mass is 35.5. The Bertz CT molecular complexity index is 822. The second-order valence-corrected chi connectivity index (χ2v) is 6.98. The van der Waals surface area contributed by atoms with Crippen molar-refractivity contribution in [2.24, 2.45) is 7.05 Å². The molecule has 0 unspecified atom stereocenters. The summed E-state index contributed by atoms with van der Waals surface area (Å²) in [6.07, 6.45) is 0. The molecule has 118 valence electrons. The first-order valence-electron chi connectivity index (χ1n) is 7.39. The summed E-state index contributed by atoms with van der Waals surface area (Å²) < 4.78 is 1.99. The molecule has 3 aromatic rings. The number of benzene rings is 2. The molecule has 0 saturated heterocycles. The monoisotopic (exact) mass is 343 g/mol. The van der Waals surface area contributed by atoms with E-state index in [1.807, 2.05) is 35.9 Å². The maximum Gasteiger partial charge on any atom is 0.191 e. The molecule has 2 aromatic carbocycles. The number of hydrogen-bond donors (Lipinski definition) is 0. The second-order valence-electron chi connectivity index (χ2n) is 5.63. The number of halogens is 1. The van der Waals surface area contributed by atoms with E-state index in [1.165, 1.54) is 16.7 Å². The van der Waals surface area contributed by atoms with E-state index >= 15 is 0 Å². The average Bonchev–Trinajstić information content (AvgIpc) is 2.86. The quantitative estimate of drug-likeness (QED) is 0.621. The molecule has 0 aliphatic carbocycles. The molecule has 0 aliphatic rings. The van der Waals surface area contributed by atoms with Crippen LogP contribution in [-0.2, 0) is 12.8 Å². The molecule has 0 fully saturated rings. The van der Waals surface area contributed by atoms with Gasteiger partial charge in [0.1, 0.15) is 0 Å². The van der Waals surface area contributed by atoms with Crippen LogP contribution in [0, 0.1) is 13.8 Å². The van der Waals surface area contributed by atoms with Crippen molar-refractivity contribution in [1.82, 2.24) is 14.8 Å². The van der Waals surface area contributed by atoms with Gasteiger partial charge in [0.15, 0.2) is 11.0 Å². The van der Waals surface area contributed by atoms with Crippen molar-refractivity contribution >= 4 is 23.4 Å². The van der Waals surface area contributed by atoms with Gasteiger partial charge >= 0.3 is 0 Å². The molecular formula is C18H18ClN3S. The Morgan fingerprint density at radius 1 is 1.04 bits per heavy atom. The lowest BCUT2D eigenvalue weighted by molar-refractivity contribution is 0.794. The molecule has 0 N–H and O–H groups in total. The minimum absolute atomic E-state index is 0.689. The van der Waals surface area contributed by atoms with Gasteiger partial charge in [0.25, 0.3) is 0 Å². The third-order valence-corrected chi connectivity index (χ3v) is 5.02. The molecular weight excluding hydrogens is 326 g/mol. The highest BCUT2D eigenvalue weighted by molar-refractivity contribution is 7.98. The molecule has 23 heavy (non-hydrogen) atoms. The van der Waals surface area contributed by atoms with Gasteiger partial charge in [-0.15, -0.1) is 10.2 Å². The zero-order valence-corrected chi connectivity index (χ0v) is 14.9.